The highest BCUT2D eigenvalue weighted by molar-refractivity contribution is 7.99. The highest BCUT2D eigenvalue weighted by Crippen LogP contribution is 2.40. The van der Waals surface area contributed by atoms with Gasteiger partial charge in [0.15, 0.2) is 17.1 Å². The van der Waals surface area contributed by atoms with Crippen molar-refractivity contribution in [3.05, 3.63) is 35.9 Å². The molecule has 0 atom stereocenters. The fourth-order valence-corrected chi connectivity index (χ4v) is 3.91. The second-order valence-electron chi connectivity index (χ2n) is 6.22. The third-order valence-corrected chi connectivity index (χ3v) is 5.11. The van der Waals surface area contributed by atoms with Crippen molar-refractivity contribution in [1.29, 1.82) is 0 Å². The predicted octanol–water partition coefficient (Wildman–Crippen LogP) is 5.06. The van der Waals surface area contributed by atoms with Gasteiger partial charge in [0, 0.05) is 5.69 Å². The Kier molecular flexibility index (Phi) is 4.67. The van der Waals surface area contributed by atoms with E-state index in [0.29, 0.717) is 17.6 Å². The molecule has 4 rings (SSSR count). The summed E-state index contributed by atoms with van der Waals surface area (Å²) in [5, 5.41) is -0.111. The van der Waals surface area contributed by atoms with Crippen LogP contribution in [0.4, 0.5) is 26.3 Å². The topological polar surface area (TPSA) is 60.9 Å². The second-order valence-corrected chi connectivity index (χ2v) is 7.47. The molecule has 0 N–H and O–H groups in total. The van der Waals surface area contributed by atoms with Gasteiger partial charge >= 0.3 is 12.5 Å². The molecular weight excluding hydrogens is 434 g/mol. The molecule has 0 bridgehead atoms. The van der Waals surface area contributed by atoms with Crippen LogP contribution in [0.2, 0.25) is 0 Å². The molecule has 0 fully saturated rings. The maximum atomic E-state index is 13.9. The number of halogens is 6. The van der Waals surface area contributed by atoms with Crippen molar-refractivity contribution in [2.75, 3.05) is 5.75 Å². The monoisotopic (exact) mass is 446 g/mol. The first-order valence-corrected chi connectivity index (χ1v) is 9.51. The number of thioether (sulfide) groups is 1. The summed E-state index contributed by atoms with van der Waals surface area (Å²) < 4.78 is 83.0. The number of pyridine rings is 1. The molecule has 13 heteroatoms. The lowest BCUT2D eigenvalue weighted by molar-refractivity contribution is -0.200. The van der Waals surface area contributed by atoms with Crippen LogP contribution >= 0.6 is 11.8 Å². The minimum Gasteiger partial charge on any atom is -0.280 e. The number of rotatable bonds is 3. The summed E-state index contributed by atoms with van der Waals surface area (Å²) in [4.78, 5) is 15.5. The van der Waals surface area contributed by atoms with E-state index in [1.165, 1.54) is 19.1 Å². The lowest BCUT2D eigenvalue weighted by Gasteiger charge is -2.13. The van der Waals surface area contributed by atoms with Crippen LogP contribution in [0.15, 0.2) is 29.6 Å². The fourth-order valence-electron chi connectivity index (χ4n) is 3.04. The average molecular weight is 446 g/mol. The van der Waals surface area contributed by atoms with Crippen molar-refractivity contribution >= 4 is 28.6 Å². The van der Waals surface area contributed by atoms with Crippen molar-refractivity contribution in [1.82, 2.24) is 28.9 Å². The van der Waals surface area contributed by atoms with Gasteiger partial charge in [0.1, 0.15) is 21.9 Å². The van der Waals surface area contributed by atoms with Gasteiger partial charge in [0.2, 0.25) is 0 Å². The molecule has 4 aromatic rings. The van der Waals surface area contributed by atoms with E-state index >= 15 is 0 Å². The maximum Gasteiger partial charge on any atom is 0.491 e. The van der Waals surface area contributed by atoms with E-state index in [0.717, 1.165) is 22.4 Å². The van der Waals surface area contributed by atoms with Crippen LogP contribution in [-0.2, 0) is 12.5 Å². The molecule has 0 spiro atoms. The molecule has 0 saturated carbocycles. The molecule has 6 nitrogen and oxygen atoms in total. The van der Waals surface area contributed by atoms with E-state index < -0.39 is 29.6 Å². The zero-order valence-electron chi connectivity index (χ0n) is 15.4. The third kappa shape index (κ3) is 3.26. The summed E-state index contributed by atoms with van der Waals surface area (Å²) in [6, 6.07) is 2.87. The normalized spacial score (nSPS) is 12.9. The summed E-state index contributed by atoms with van der Waals surface area (Å²) in [6.45, 7) is 3.19. The van der Waals surface area contributed by atoms with Crippen LogP contribution in [0.1, 0.15) is 18.3 Å². The third-order valence-electron chi connectivity index (χ3n) is 4.17. The SMILES string of the molecule is CCSc1c(-c2nc3ccc(C)nc3n2C(F)(F)F)nc2cncc(C(F)(F)F)n12. The Bertz CT molecular complexity index is 1260. The summed E-state index contributed by atoms with van der Waals surface area (Å²) in [5.74, 6) is -0.340. The van der Waals surface area contributed by atoms with Gasteiger partial charge in [0.05, 0.1) is 12.4 Å². The number of imidazole rings is 2. The van der Waals surface area contributed by atoms with Crippen molar-refractivity contribution < 1.29 is 26.3 Å². The van der Waals surface area contributed by atoms with Crippen LogP contribution in [0.3, 0.4) is 0 Å². The van der Waals surface area contributed by atoms with Crippen molar-refractivity contribution in [3.8, 4) is 11.5 Å². The fraction of sp³-hybridized carbons (Fsp3) is 0.294. The minimum absolute atomic E-state index is 0.0494. The first kappa shape index (κ1) is 20.4. The quantitative estimate of drug-likeness (QED) is 0.325. The average Bonchev–Trinajstić information content (AvgIpc) is 3.19. The number of aryl methyl sites for hydroxylation is 1. The van der Waals surface area contributed by atoms with Gasteiger partial charge in [-0.3, -0.25) is 9.38 Å². The van der Waals surface area contributed by atoms with Crippen LogP contribution < -0.4 is 0 Å². The smallest absolute Gasteiger partial charge is 0.280 e. The Morgan fingerprint density at radius 1 is 1.00 bits per heavy atom. The lowest BCUT2D eigenvalue weighted by Crippen LogP contribution is -2.19. The van der Waals surface area contributed by atoms with Gasteiger partial charge in [-0.25, -0.2) is 19.5 Å². The molecule has 0 unspecified atom stereocenters. The Balaban J connectivity index is 2.12. The molecule has 0 saturated heterocycles. The van der Waals surface area contributed by atoms with Crippen LogP contribution in [0.5, 0.6) is 0 Å². The number of hydrogen-bond donors (Lipinski definition) is 0. The Labute approximate surface area is 169 Å². The molecule has 0 aliphatic rings. The van der Waals surface area contributed by atoms with Crippen LogP contribution in [-0.4, -0.2) is 34.7 Å². The molecule has 30 heavy (non-hydrogen) atoms. The standard InChI is InChI=1S/C17H12F6N6S/c1-3-30-15-12(27-11-7-24-6-10(28(11)15)16(18,19)20)14-26-9-5-4-8(2)25-13(9)29(14)17(21,22)23/h4-7H,3H2,1-2H3. The summed E-state index contributed by atoms with van der Waals surface area (Å²) in [6.07, 6.45) is -8.03. The number of hydrogen-bond acceptors (Lipinski definition) is 5. The lowest BCUT2D eigenvalue weighted by atomic mass is 10.3. The van der Waals surface area contributed by atoms with Gasteiger partial charge in [-0.15, -0.1) is 24.9 Å². The minimum atomic E-state index is -4.92. The molecule has 0 amide bonds. The largest absolute Gasteiger partial charge is 0.491 e. The zero-order valence-corrected chi connectivity index (χ0v) is 16.2. The van der Waals surface area contributed by atoms with Gasteiger partial charge in [-0.2, -0.15) is 13.2 Å². The molecule has 0 aliphatic heterocycles. The van der Waals surface area contributed by atoms with Crippen LogP contribution in [0, 0.1) is 6.92 Å². The first-order chi connectivity index (χ1) is 14.0. The molecule has 4 aromatic heterocycles. The van der Waals surface area contributed by atoms with Crippen molar-refractivity contribution in [2.24, 2.45) is 0 Å². The summed E-state index contributed by atoms with van der Waals surface area (Å²) >= 11 is 0.927. The predicted molar refractivity (Wildman–Crippen MR) is 96.9 cm³/mol. The van der Waals surface area contributed by atoms with Crippen molar-refractivity contribution in [2.45, 2.75) is 31.3 Å². The first-order valence-electron chi connectivity index (χ1n) is 8.52. The van der Waals surface area contributed by atoms with E-state index in [1.54, 1.807) is 6.92 Å². The molecule has 4 heterocycles. The molecule has 0 aromatic carbocycles. The van der Waals surface area contributed by atoms with Gasteiger partial charge in [-0.1, -0.05) is 6.92 Å². The van der Waals surface area contributed by atoms with Gasteiger partial charge < -0.3 is 0 Å². The van der Waals surface area contributed by atoms with Crippen LogP contribution in [0.25, 0.3) is 28.3 Å². The number of fused-ring (bicyclic) bond motifs is 2. The second kappa shape index (κ2) is 6.86. The number of alkyl halides is 6. The maximum absolute atomic E-state index is 13.9. The number of nitrogens with zero attached hydrogens (tertiary/aromatic N) is 6. The van der Waals surface area contributed by atoms with E-state index in [4.69, 9.17) is 0 Å². The Morgan fingerprint density at radius 3 is 2.37 bits per heavy atom. The Hall–Kier alpha value is -2.83. The van der Waals surface area contributed by atoms with Crippen molar-refractivity contribution in [3.63, 3.8) is 0 Å². The van der Waals surface area contributed by atoms with E-state index in [-0.39, 0.29) is 26.5 Å². The molecule has 0 radical (unpaired) electrons. The summed E-state index contributed by atoms with van der Waals surface area (Å²) in [5.41, 5.74) is -1.86. The van der Waals surface area contributed by atoms with E-state index in [2.05, 4.69) is 19.9 Å². The molecule has 0 aliphatic carbocycles. The Morgan fingerprint density at radius 2 is 1.73 bits per heavy atom. The molecular formula is C17H12F6N6S. The zero-order chi connectivity index (χ0) is 21.8. The summed E-state index contributed by atoms with van der Waals surface area (Å²) in [7, 11) is 0. The van der Waals surface area contributed by atoms with E-state index in [1.807, 2.05) is 0 Å². The van der Waals surface area contributed by atoms with E-state index in [9.17, 15) is 26.3 Å². The highest BCUT2D eigenvalue weighted by Gasteiger charge is 2.40. The number of aromatic nitrogens is 6. The van der Waals surface area contributed by atoms with Gasteiger partial charge in [-0.05, 0) is 24.8 Å². The van der Waals surface area contributed by atoms with Gasteiger partial charge in [0.25, 0.3) is 0 Å². The molecule has 158 valence electrons. The highest BCUT2D eigenvalue weighted by atomic mass is 32.2.